The summed E-state index contributed by atoms with van der Waals surface area (Å²) in [6.45, 7) is 4.37. The molecular weight excluding hydrogens is 442 g/mol. The number of ether oxygens (including phenoxy) is 2. The van der Waals surface area contributed by atoms with E-state index in [9.17, 15) is 9.59 Å². The van der Waals surface area contributed by atoms with Crippen LogP contribution in [0, 0.1) is 0 Å². The largest absolute Gasteiger partial charge is 0.486 e. The first-order valence-electron chi connectivity index (χ1n) is 11.2. The summed E-state index contributed by atoms with van der Waals surface area (Å²) < 4.78 is 12.7. The van der Waals surface area contributed by atoms with Gasteiger partial charge in [-0.15, -0.1) is 0 Å². The zero-order valence-corrected chi connectivity index (χ0v) is 19.4. The van der Waals surface area contributed by atoms with Gasteiger partial charge in [-0.05, 0) is 25.0 Å². The van der Waals surface area contributed by atoms with Crippen molar-refractivity contribution in [3.8, 4) is 5.75 Å². The van der Waals surface area contributed by atoms with E-state index in [1.54, 1.807) is 11.6 Å². The van der Waals surface area contributed by atoms with E-state index in [1.165, 1.54) is 11.3 Å². The van der Waals surface area contributed by atoms with E-state index in [0.29, 0.717) is 41.0 Å². The van der Waals surface area contributed by atoms with Gasteiger partial charge in [0.25, 0.3) is 5.56 Å². The van der Waals surface area contributed by atoms with Crippen molar-refractivity contribution >= 4 is 32.6 Å². The summed E-state index contributed by atoms with van der Waals surface area (Å²) in [4.78, 5) is 40.2. The third-order valence-electron chi connectivity index (χ3n) is 6.19. The van der Waals surface area contributed by atoms with Gasteiger partial charge in [0.15, 0.2) is 21.3 Å². The minimum Gasteiger partial charge on any atom is -0.486 e. The summed E-state index contributed by atoms with van der Waals surface area (Å²) in [6, 6.07) is 9.04. The molecule has 2 aromatic heterocycles. The van der Waals surface area contributed by atoms with E-state index >= 15 is 0 Å². The second kappa shape index (κ2) is 9.58. The van der Waals surface area contributed by atoms with Crippen molar-refractivity contribution in [2.75, 3.05) is 44.4 Å². The van der Waals surface area contributed by atoms with E-state index in [0.717, 1.165) is 38.3 Å². The summed E-state index contributed by atoms with van der Waals surface area (Å²) in [5.41, 5.74) is 0.210. The number of fused-ring (bicyclic) bond motifs is 1. The van der Waals surface area contributed by atoms with Crippen LogP contribution < -0.4 is 15.2 Å². The maximum atomic E-state index is 13.0. The fourth-order valence-corrected chi connectivity index (χ4v) is 5.33. The molecule has 0 aliphatic carbocycles. The quantitative estimate of drug-likeness (QED) is 0.518. The number of hydrogen-bond acceptors (Lipinski definition) is 9. The lowest BCUT2D eigenvalue weighted by molar-refractivity contribution is -0.122. The summed E-state index contributed by atoms with van der Waals surface area (Å²) in [7, 11) is 1.74. The fraction of sp³-hybridized carbons (Fsp3) is 0.478. The van der Waals surface area contributed by atoms with Gasteiger partial charge in [0, 0.05) is 26.7 Å². The number of hydrogen-bond donors (Lipinski definition) is 0. The van der Waals surface area contributed by atoms with Gasteiger partial charge in [0.2, 0.25) is 0 Å². The van der Waals surface area contributed by atoms with Crippen LogP contribution >= 0.6 is 11.3 Å². The molecule has 2 aliphatic heterocycles. The van der Waals surface area contributed by atoms with E-state index < -0.39 is 0 Å². The number of anilines is 1. The van der Waals surface area contributed by atoms with E-state index in [-0.39, 0.29) is 24.0 Å². The molecule has 1 atom stereocenters. The smallest absolute Gasteiger partial charge is 0.280 e. The predicted octanol–water partition coefficient (Wildman–Crippen LogP) is 1.84. The van der Waals surface area contributed by atoms with Crippen LogP contribution in [0.1, 0.15) is 18.7 Å². The summed E-state index contributed by atoms with van der Waals surface area (Å²) in [6.07, 6.45) is 1.64. The molecule has 174 valence electrons. The second-order valence-electron chi connectivity index (χ2n) is 8.35. The zero-order valence-electron chi connectivity index (χ0n) is 18.6. The number of carbonyl (C=O) groups excluding carboxylic acids is 1. The van der Waals surface area contributed by atoms with Gasteiger partial charge in [0.05, 0.1) is 25.8 Å². The number of benzene rings is 1. The lowest BCUT2D eigenvalue weighted by Gasteiger charge is -2.26. The highest BCUT2D eigenvalue weighted by Crippen LogP contribution is 2.32. The number of para-hydroxylation sites is 1. The zero-order chi connectivity index (χ0) is 22.8. The molecule has 2 fully saturated rings. The number of aromatic nitrogens is 3. The first kappa shape index (κ1) is 22.0. The molecule has 0 spiro atoms. The van der Waals surface area contributed by atoms with Gasteiger partial charge >= 0.3 is 0 Å². The highest BCUT2D eigenvalue weighted by atomic mass is 32.1. The van der Waals surface area contributed by atoms with Crippen LogP contribution in [0.25, 0.3) is 10.3 Å². The fourth-order valence-electron chi connectivity index (χ4n) is 4.31. The molecule has 2 saturated heterocycles. The molecular formula is C23H27N5O4S. The Balaban J connectivity index is 1.35. The minimum absolute atomic E-state index is 0.0137. The lowest BCUT2D eigenvalue weighted by atomic mass is 10.1. The van der Waals surface area contributed by atoms with Crippen LogP contribution in [0.3, 0.4) is 0 Å². The van der Waals surface area contributed by atoms with Gasteiger partial charge in [0.1, 0.15) is 18.2 Å². The van der Waals surface area contributed by atoms with Crippen LogP contribution in [0.2, 0.25) is 0 Å². The standard InChI is InChI=1S/C23H27N5O4S/c1-26-19(14-27-10-12-31-13-11-27)24-21-20(22(26)30)25-23(33-21)28-9-5-8-17(28)18(29)15-32-16-6-3-2-4-7-16/h2-4,6-7,17H,5,8-15H2,1H3/t17-/m1/s1. The summed E-state index contributed by atoms with van der Waals surface area (Å²) in [5, 5.41) is 0.675. The van der Waals surface area contributed by atoms with E-state index in [4.69, 9.17) is 14.5 Å². The van der Waals surface area contributed by atoms with Gasteiger partial charge in [-0.3, -0.25) is 19.1 Å². The molecule has 33 heavy (non-hydrogen) atoms. The molecule has 9 nitrogen and oxygen atoms in total. The van der Waals surface area contributed by atoms with Gasteiger partial charge < -0.3 is 14.4 Å². The molecule has 5 rings (SSSR count). The Morgan fingerprint density at radius 3 is 2.76 bits per heavy atom. The van der Waals surface area contributed by atoms with Crippen LogP contribution in [0.5, 0.6) is 5.75 Å². The molecule has 3 aromatic rings. The lowest BCUT2D eigenvalue weighted by Crippen LogP contribution is -2.38. The number of carbonyl (C=O) groups is 1. The highest BCUT2D eigenvalue weighted by molar-refractivity contribution is 7.21. The van der Waals surface area contributed by atoms with Crippen LogP contribution in [-0.4, -0.2) is 70.7 Å². The number of ketones is 1. The van der Waals surface area contributed by atoms with Crippen molar-refractivity contribution in [1.82, 2.24) is 19.4 Å². The Morgan fingerprint density at radius 1 is 1.18 bits per heavy atom. The Labute approximate surface area is 195 Å². The van der Waals surface area contributed by atoms with Crippen molar-refractivity contribution < 1.29 is 14.3 Å². The highest BCUT2D eigenvalue weighted by Gasteiger charge is 2.33. The molecule has 0 radical (unpaired) electrons. The number of morpholine rings is 1. The van der Waals surface area contributed by atoms with Crippen LogP contribution in [-0.2, 0) is 23.1 Å². The molecule has 4 heterocycles. The third kappa shape index (κ3) is 4.64. The maximum absolute atomic E-state index is 13.0. The van der Waals surface area contributed by atoms with Crippen molar-refractivity contribution in [3.05, 3.63) is 46.5 Å². The molecule has 1 aromatic carbocycles. The van der Waals surface area contributed by atoms with Crippen molar-refractivity contribution in [2.24, 2.45) is 7.05 Å². The molecule has 0 saturated carbocycles. The average Bonchev–Trinajstić information content (AvgIpc) is 3.49. The number of rotatable bonds is 7. The number of Topliss-reactive ketones (excluding diaryl/α,β-unsaturated/α-hetero) is 1. The predicted molar refractivity (Wildman–Crippen MR) is 126 cm³/mol. The van der Waals surface area contributed by atoms with Gasteiger partial charge in [-0.2, -0.15) is 0 Å². The van der Waals surface area contributed by atoms with Gasteiger partial charge in [-0.1, -0.05) is 29.5 Å². The first-order chi connectivity index (χ1) is 16.1. The van der Waals surface area contributed by atoms with Crippen molar-refractivity contribution in [3.63, 3.8) is 0 Å². The third-order valence-corrected chi connectivity index (χ3v) is 7.17. The van der Waals surface area contributed by atoms with Gasteiger partial charge in [-0.25, -0.2) is 9.97 Å². The molecule has 0 unspecified atom stereocenters. The minimum atomic E-state index is -0.300. The Morgan fingerprint density at radius 2 is 1.97 bits per heavy atom. The van der Waals surface area contributed by atoms with Crippen LogP contribution in [0.15, 0.2) is 35.1 Å². The maximum Gasteiger partial charge on any atom is 0.280 e. The normalized spacial score (nSPS) is 19.3. The average molecular weight is 470 g/mol. The topological polar surface area (TPSA) is 89.8 Å². The summed E-state index contributed by atoms with van der Waals surface area (Å²) in [5.74, 6) is 1.41. The van der Waals surface area contributed by atoms with Crippen molar-refractivity contribution in [2.45, 2.75) is 25.4 Å². The van der Waals surface area contributed by atoms with Crippen molar-refractivity contribution in [1.29, 1.82) is 0 Å². The SMILES string of the molecule is Cn1c(CN2CCOCC2)nc2sc(N3CCC[C@@H]3C(=O)COc3ccccc3)nc2c1=O. The molecule has 0 amide bonds. The summed E-state index contributed by atoms with van der Waals surface area (Å²) >= 11 is 1.38. The van der Waals surface area contributed by atoms with E-state index in [1.807, 2.05) is 35.2 Å². The molecule has 2 aliphatic rings. The molecule has 10 heteroatoms. The molecule has 0 N–H and O–H groups in total. The Hall–Kier alpha value is -2.82. The Kier molecular flexibility index (Phi) is 6.39. The number of nitrogens with zero attached hydrogens (tertiary/aromatic N) is 5. The monoisotopic (exact) mass is 469 g/mol. The van der Waals surface area contributed by atoms with E-state index in [2.05, 4.69) is 9.88 Å². The Bertz CT molecular complexity index is 1190. The van der Waals surface area contributed by atoms with Crippen LogP contribution in [0.4, 0.5) is 5.13 Å². The number of thiazole rings is 1. The molecule has 0 bridgehead atoms. The second-order valence-corrected chi connectivity index (χ2v) is 9.31. The first-order valence-corrected chi connectivity index (χ1v) is 12.1.